The van der Waals surface area contributed by atoms with Gasteiger partial charge in [0, 0.05) is 38.2 Å². The second kappa shape index (κ2) is 6.43. The molecule has 5 nitrogen and oxygen atoms in total. The Morgan fingerprint density at radius 2 is 2.00 bits per heavy atom. The number of rotatable bonds is 4. The van der Waals surface area contributed by atoms with E-state index in [0.29, 0.717) is 18.8 Å². The van der Waals surface area contributed by atoms with Crippen molar-refractivity contribution in [2.75, 3.05) is 18.0 Å². The van der Waals surface area contributed by atoms with E-state index in [1.54, 1.807) is 11.0 Å². The first-order chi connectivity index (χ1) is 11.5. The van der Waals surface area contributed by atoms with Crippen LogP contribution in [0.3, 0.4) is 0 Å². The van der Waals surface area contributed by atoms with Crippen LogP contribution in [-0.2, 0) is 4.79 Å². The lowest BCUT2D eigenvalue weighted by molar-refractivity contribution is -0.157. The van der Waals surface area contributed by atoms with E-state index in [-0.39, 0.29) is 18.6 Å². The van der Waals surface area contributed by atoms with Crippen LogP contribution in [0.4, 0.5) is 14.5 Å². The van der Waals surface area contributed by atoms with Gasteiger partial charge in [0.15, 0.2) is 5.82 Å². The van der Waals surface area contributed by atoms with Gasteiger partial charge >= 0.3 is 5.97 Å². The van der Waals surface area contributed by atoms with Gasteiger partial charge in [0.1, 0.15) is 11.6 Å². The number of pyridine rings is 1. The lowest BCUT2D eigenvalue weighted by Crippen LogP contribution is -2.53. The zero-order chi connectivity index (χ0) is 17.2. The quantitative estimate of drug-likeness (QED) is 0.931. The SMILES string of the molecule is O=C(O)C1(Oc2cccc(F)c2)CCN(c2ccncc2F)CC1. The van der Waals surface area contributed by atoms with Crippen LogP contribution in [0.5, 0.6) is 5.75 Å². The van der Waals surface area contributed by atoms with Crippen LogP contribution in [0.15, 0.2) is 42.7 Å². The summed E-state index contributed by atoms with van der Waals surface area (Å²) in [4.78, 5) is 17.2. The Morgan fingerprint density at radius 3 is 2.62 bits per heavy atom. The maximum Gasteiger partial charge on any atom is 0.348 e. The summed E-state index contributed by atoms with van der Waals surface area (Å²) in [6.07, 6.45) is 2.92. The van der Waals surface area contributed by atoms with Gasteiger partial charge in [-0.05, 0) is 18.2 Å². The summed E-state index contributed by atoms with van der Waals surface area (Å²) in [5, 5.41) is 9.61. The van der Waals surface area contributed by atoms with Crippen molar-refractivity contribution < 1.29 is 23.4 Å². The monoisotopic (exact) mass is 334 g/mol. The minimum Gasteiger partial charge on any atom is -0.478 e. The van der Waals surface area contributed by atoms with E-state index >= 15 is 0 Å². The van der Waals surface area contributed by atoms with E-state index in [9.17, 15) is 18.7 Å². The third-order valence-electron chi connectivity index (χ3n) is 4.16. The maximum atomic E-state index is 13.8. The summed E-state index contributed by atoms with van der Waals surface area (Å²) < 4.78 is 32.7. The molecule has 126 valence electrons. The molecule has 1 aromatic heterocycles. The molecule has 0 spiro atoms. The Morgan fingerprint density at radius 1 is 1.25 bits per heavy atom. The van der Waals surface area contributed by atoms with Crippen molar-refractivity contribution in [1.82, 2.24) is 4.98 Å². The maximum absolute atomic E-state index is 13.8. The highest BCUT2D eigenvalue weighted by Gasteiger charge is 2.44. The number of piperidine rings is 1. The number of aliphatic carboxylic acids is 1. The summed E-state index contributed by atoms with van der Waals surface area (Å²) >= 11 is 0. The largest absolute Gasteiger partial charge is 0.478 e. The molecule has 1 fully saturated rings. The van der Waals surface area contributed by atoms with Crippen LogP contribution < -0.4 is 9.64 Å². The Hall–Kier alpha value is -2.70. The Bertz CT molecular complexity index is 746. The van der Waals surface area contributed by atoms with Crippen LogP contribution in [0.2, 0.25) is 0 Å². The smallest absolute Gasteiger partial charge is 0.348 e. The number of aromatic nitrogens is 1. The zero-order valence-electron chi connectivity index (χ0n) is 12.8. The number of hydrogen-bond acceptors (Lipinski definition) is 4. The van der Waals surface area contributed by atoms with Crippen molar-refractivity contribution in [1.29, 1.82) is 0 Å². The van der Waals surface area contributed by atoms with Crippen LogP contribution in [0, 0.1) is 11.6 Å². The molecule has 0 bridgehead atoms. The molecule has 0 unspecified atom stereocenters. The third-order valence-corrected chi connectivity index (χ3v) is 4.16. The van der Waals surface area contributed by atoms with Crippen LogP contribution in [0.1, 0.15) is 12.8 Å². The lowest BCUT2D eigenvalue weighted by atomic mass is 9.90. The molecule has 0 saturated carbocycles. The molecule has 1 N–H and O–H groups in total. The molecule has 7 heteroatoms. The van der Waals surface area contributed by atoms with Gasteiger partial charge in [-0.2, -0.15) is 0 Å². The fourth-order valence-corrected chi connectivity index (χ4v) is 2.85. The highest BCUT2D eigenvalue weighted by Crippen LogP contribution is 2.32. The van der Waals surface area contributed by atoms with E-state index in [4.69, 9.17) is 4.74 Å². The van der Waals surface area contributed by atoms with Crippen LogP contribution >= 0.6 is 0 Å². The zero-order valence-corrected chi connectivity index (χ0v) is 12.8. The van der Waals surface area contributed by atoms with Crippen molar-refractivity contribution in [3.8, 4) is 5.75 Å². The first-order valence-electron chi connectivity index (χ1n) is 7.53. The molecule has 3 rings (SSSR count). The number of ether oxygens (including phenoxy) is 1. The third kappa shape index (κ3) is 3.15. The van der Waals surface area contributed by atoms with Gasteiger partial charge in [0.05, 0.1) is 11.9 Å². The van der Waals surface area contributed by atoms with Gasteiger partial charge in [-0.25, -0.2) is 13.6 Å². The fourth-order valence-electron chi connectivity index (χ4n) is 2.85. The van der Waals surface area contributed by atoms with Gasteiger partial charge in [0.2, 0.25) is 5.60 Å². The first-order valence-corrected chi connectivity index (χ1v) is 7.53. The van der Waals surface area contributed by atoms with Gasteiger partial charge in [0.25, 0.3) is 0 Å². The highest BCUT2D eigenvalue weighted by molar-refractivity contribution is 5.78. The molecule has 0 atom stereocenters. The van der Waals surface area contributed by atoms with Crippen molar-refractivity contribution in [2.45, 2.75) is 18.4 Å². The summed E-state index contributed by atoms with van der Waals surface area (Å²) in [6, 6.07) is 6.94. The topological polar surface area (TPSA) is 62.7 Å². The fraction of sp³-hybridized carbons (Fsp3) is 0.294. The predicted molar refractivity (Wildman–Crippen MR) is 83.0 cm³/mol. The van der Waals surface area contributed by atoms with Gasteiger partial charge in [-0.15, -0.1) is 0 Å². The average molecular weight is 334 g/mol. The molecule has 0 radical (unpaired) electrons. The molecule has 2 heterocycles. The minimum absolute atomic E-state index is 0.153. The number of carboxylic acid groups (broad SMARTS) is 1. The summed E-state index contributed by atoms with van der Waals surface area (Å²) in [7, 11) is 0. The standard InChI is InChI=1S/C17H16F2N2O3/c18-12-2-1-3-13(10-12)24-17(16(22)23)5-8-21(9-6-17)15-4-7-20-11-14(15)19/h1-4,7,10-11H,5-6,8-9H2,(H,22,23). The minimum atomic E-state index is -1.45. The Kier molecular flexibility index (Phi) is 4.33. The Labute approximate surface area is 137 Å². The highest BCUT2D eigenvalue weighted by atomic mass is 19.1. The Balaban J connectivity index is 1.77. The normalized spacial score (nSPS) is 16.7. The van der Waals surface area contributed by atoms with Crippen molar-refractivity contribution >= 4 is 11.7 Å². The predicted octanol–water partition coefficient (Wildman–Crippen LogP) is 2.86. The molecule has 24 heavy (non-hydrogen) atoms. The second-order valence-electron chi connectivity index (χ2n) is 5.67. The molecule has 1 aliphatic heterocycles. The summed E-state index contributed by atoms with van der Waals surface area (Å²) in [6.45, 7) is 0.616. The van der Waals surface area contributed by atoms with Crippen LogP contribution in [0.25, 0.3) is 0 Å². The van der Waals surface area contributed by atoms with Crippen molar-refractivity contribution in [3.63, 3.8) is 0 Å². The molecule has 1 saturated heterocycles. The van der Waals surface area contributed by atoms with E-state index in [1.165, 1.54) is 24.4 Å². The molecule has 1 aliphatic rings. The number of carboxylic acids is 1. The van der Waals surface area contributed by atoms with Gasteiger partial charge in [-0.1, -0.05) is 6.07 Å². The lowest BCUT2D eigenvalue weighted by Gasteiger charge is -2.39. The van der Waals surface area contributed by atoms with Crippen molar-refractivity contribution in [2.24, 2.45) is 0 Å². The summed E-state index contributed by atoms with van der Waals surface area (Å²) in [5.74, 6) is -1.89. The second-order valence-corrected chi connectivity index (χ2v) is 5.67. The van der Waals surface area contributed by atoms with Gasteiger partial charge in [-0.3, -0.25) is 4.98 Å². The molecule has 1 aromatic carbocycles. The first kappa shape index (κ1) is 16.2. The average Bonchev–Trinajstić information content (AvgIpc) is 2.56. The number of carbonyl (C=O) groups is 1. The van der Waals surface area contributed by atoms with E-state index in [0.717, 1.165) is 12.3 Å². The van der Waals surface area contributed by atoms with Crippen molar-refractivity contribution in [3.05, 3.63) is 54.4 Å². The van der Waals surface area contributed by atoms with Crippen LogP contribution in [-0.4, -0.2) is 34.8 Å². The van der Waals surface area contributed by atoms with Gasteiger partial charge < -0.3 is 14.7 Å². The number of anilines is 1. The summed E-state index contributed by atoms with van der Waals surface area (Å²) in [5.41, 5.74) is -1.07. The number of hydrogen-bond donors (Lipinski definition) is 1. The number of nitrogens with zero attached hydrogens (tertiary/aromatic N) is 2. The number of benzene rings is 1. The van der Waals surface area contributed by atoms with E-state index < -0.39 is 23.2 Å². The number of halogens is 2. The molecular weight excluding hydrogens is 318 g/mol. The molecule has 0 amide bonds. The van der Waals surface area contributed by atoms with E-state index in [2.05, 4.69) is 4.98 Å². The molecule has 2 aromatic rings. The van der Waals surface area contributed by atoms with E-state index in [1.807, 2.05) is 0 Å². The molecule has 0 aliphatic carbocycles. The molecular formula is C17H16F2N2O3.